The standard InChI is InChI=1S/C17H24N2O5/c1-3-4-8-24-16-10-15(19(22)23)14(9-12(16)2)17(21)18-7-5-6-13(18)11-20/h9-10,13,20H,3-8,11H2,1-2H3/t13-/m0/s1. The van der Waals surface area contributed by atoms with Crippen molar-refractivity contribution in [2.75, 3.05) is 19.8 Å². The number of nitro benzene ring substituents is 1. The number of aliphatic hydroxyl groups is 1. The van der Waals surface area contributed by atoms with Crippen molar-refractivity contribution >= 4 is 11.6 Å². The molecule has 1 heterocycles. The quantitative estimate of drug-likeness (QED) is 0.469. The number of ether oxygens (including phenoxy) is 1. The van der Waals surface area contributed by atoms with Gasteiger partial charge in [0.2, 0.25) is 0 Å². The molecule has 24 heavy (non-hydrogen) atoms. The average molecular weight is 336 g/mol. The van der Waals surface area contributed by atoms with Crippen LogP contribution in [-0.2, 0) is 0 Å². The Kier molecular flexibility index (Phi) is 6.14. The molecule has 1 aliphatic rings. The topological polar surface area (TPSA) is 92.9 Å². The molecular weight excluding hydrogens is 312 g/mol. The van der Waals surface area contributed by atoms with E-state index in [-0.39, 0.29) is 23.9 Å². The molecule has 1 aromatic carbocycles. The van der Waals surface area contributed by atoms with E-state index in [9.17, 15) is 20.0 Å². The van der Waals surface area contributed by atoms with Gasteiger partial charge in [-0.2, -0.15) is 0 Å². The largest absolute Gasteiger partial charge is 0.493 e. The number of carbonyl (C=O) groups excluding carboxylic acids is 1. The fourth-order valence-electron chi connectivity index (χ4n) is 2.93. The highest BCUT2D eigenvalue weighted by atomic mass is 16.6. The number of aliphatic hydroxyl groups excluding tert-OH is 1. The maximum atomic E-state index is 12.7. The maximum absolute atomic E-state index is 12.7. The zero-order valence-electron chi connectivity index (χ0n) is 14.2. The summed E-state index contributed by atoms with van der Waals surface area (Å²) in [6.45, 7) is 4.68. The van der Waals surface area contributed by atoms with Crippen molar-refractivity contribution in [3.63, 3.8) is 0 Å². The molecule has 0 bridgehead atoms. The van der Waals surface area contributed by atoms with Gasteiger partial charge in [-0.25, -0.2) is 0 Å². The van der Waals surface area contributed by atoms with Crippen LogP contribution in [0.5, 0.6) is 5.75 Å². The number of amides is 1. The van der Waals surface area contributed by atoms with E-state index in [1.54, 1.807) is 6.92 Å². The highest BCUT2D eigenvalue weighted by molar-refractivity contribution is 5.99. The van der Waals surface area contributed by atoms with Gasteiger partial charge < -0.3 is 14.7 Å². The van der Waals surface area contributed by atoms with E-state index in [1.165, 1.54) is 17.0 Å². The zero-order chi connectivity index (χ0) is 17.7. The number of likely N-dealkylation sites (tertiary alicyclic amines) is 1. The molecule has 0 spiro atoms. The summed E-state index contributed by atoms with van der Waals surface area (Å²) in [5.41, 5.74) is 0.501. The minimum atomic E-state index is -0.552. The van der Waals surface area contributed by atoms with Gasteiger partial charge in [0.15, 0.2) is 0 Å². The van der Waals surface area contributed by atoms with Crippen LogP contribution in [0.25, 0.3) is 0 Å². The highest BCUT2D eigenvalue weighted by Gasteiger charge is 2.33. The van der Waals surface area contributed by atoms with Gasteiger partial charge in [0, 0.05) is 6.54 Å². The summed E-state index contributed by atoms with van der Waals surface area (Å²) in [5.74, 6) is 0.0355. The summed E-state index contributed by atoms with van der Waals surface area (Å²) in [5, 5.41) is 20.8. The van der Waals surface area contributed by atoms with Gasteiger partial charge in [-0.05, 0) is 37.8 Å². The second-order valence-corrected chi connectivity index (χ2v) is 6.07. The van der Waals surface area contributed by atoms with Gasteiger partial charge >= 0.3 is 0 Å². The summed E-state index contributed by atoms with van der Waals surface area (Å²) < 4.78 is 5.60. The number of carbonyl (C=O) groups is 1. The lowest BCUT2D eigenvalue weighted by Crippen LogP contribution is -2.37. The molecule has 1 atom stereocenters. The summed E-state index contributed by atoms with van der Waals surface area (Å²) in [7, 11) is 0. The van der Waals surface area contributed by atoms with E-state index in [4.69, 9.17) is 4.74 Å². The monoisotopic (exact) mass is 336 g/mol. The fourth-order valence-corrected chi connectivity index (χ4v) is 2.93. The molecule has 1 aromatic rings. The Morgan fingerprint density at radius 2 is 2.25 bits per heavy atom. The first-order chi connectivity index (χ1) is 11.5. The van der Waals surface area contributed by atoms with Crippen LogP contribution in [-0.4, -0.2) is 46.6 Å². The third-order valence-electron chi connectivity index (χ3n) is 4.32. The number of aryl methyl sites for hydroxylation is 1. The van der Waals surface area contributed by atoms with Gasteiger partial charge in [-0.15, -0.1) is 0 Å². The summed E-state index contributed by atoms with van der Waals surface area (Å²) in [4.78, 5) is 25.1. The Balaban J connectivity index is 2.33. The number of nitro groups is 1. The van der Waals surface area contributed by atoms with Crippen LogP contribution in [0.1, 0.15) is 48.5 Å². The molecule has 0 aliphatic carbocycles. The van der Waals surface area contributed by atoms with Crippen LogP contribution >= 0.6 is 0 Å². The zero-order valence-corrected chi connectivity index (χ0v) is 14.2. The molecule has 1 N–H and O–H groups in total. The number of hydrogen-bond acceptors (Lipinski definition) is 5. The van der Waals surface area contributed by atoms with E-state index in [2.05, 4.69) is 0 Å². The Hall–Kier alpha value is -2.15. The summed E-state index contributed by atoms with van der Waals surface area (Å²) in [6, 6.07) is 2.59. The summed E-state index contributed by atoms with van der Waals surface area (Å²) in [6.07, 6.45) is 3.34. The lowest BCUT2D eigenvalue weighted by molar-refractivity contribution is -0.385. The molecule has 7 nitrogen and oxygen atoms in total. The predicted molar refractivity (Wildman–Crippen MR) is 89.4 cm³/mol. The van der Waals surface area contributed by atoms with E-state index in [1.807, 2.05) is 6.92 Å². The molecule has 7 heteroatoms. The van der Waals surface area contributed by atoms with Crippen molar-refractivity contribution in [3.05, 3.63) is 33.4 Å². The van der Waals surface area contributed by atoms with Crippen molar-refractivity contribution in [1.82, 2.24) is 4.90 Å². The lowest BCUT2D eigenvalue weighted by atomic mass is 10.1. The predicted octanol–water partition coefficient (Wildman–Crippen LogP) is 2.68. The van der Waals surface area contributed by atoms with Gasteiger partial charge in [0.05, 0.1) is 30.2 Å². The van der Waals surface area contributed by atoms with E-state index < -0.39 is 10.8 Å². The first-order valence-electron chi connectivity index (χ1n) is 8.33. The third kappa shape index (κ3) is 3.84. The second-order valence-electron chi connectivity index (χ2n) is 6.07. The van der Waals surface area contributed by atoms with Gasteiger partial charge in [-0.3, -0.25) is 14.9 Å². The Morgan fingerprint density at radius 1 is 1.50 bits per heavy atom. The molecule has 1 amide bonds. The first kappa shape index (κ1) is 18.2. The van der Waals surface area contributed by atoms with Crippen LogP contribution in [0.2, 0.25) is 0 Å². The average Bonchev–Trinajstić information content (AvgIpc) is 3.03. The minimum absolute atomic E-state index is 0.0562. The molecule has 0 radical (unpaired) electrons. The third-order valence-corrected chi connectivity index (χ3v) is 4.32. The number of nitrogens with zero attached hydrogens (tertiary/aromatic N) is 2. The van der Waals surface area contributed by atoms with Crippen LogP contribution in [0, 0.1) is 17.0 Å². The van der Waals surface area contributed by atoms with E-state index in [0.717, 1.165) is 19.3 Å². The van der Waals surface area contributed by atoms with Crippen LogP contribution in [0.4, 0.5) is 5.69 Å². The Labute approximate surface area is 141 Å². The highest BCUT2D eigenvalue weighted by Crippen LogP contribution is 2.31. The van der Waals surface area contributed by atoms with Crippen molar-refractivity contribution in [3.8, 4) is 5.75 Å². The van der Waals surface area contributed by atoms with Gasteiger partial charge in [0.1, 0.15) is 11.3 Å². The second kappa shape index (κ2) is 8.10. The Bertz CT molecular complexity index is 617. The van der Waals surface area contributed by atoms with E-state index in [0.29, 0.717) is 30.9 Å². The number of hydrogen-bond donors (Lipinski definition) is 1. The van der Waals surface area contributed by atoms with Crippen molar-refractivity contribution < 1.29 is 19.6 Å². The van der Waals surface area contributed by atoms with Crippen molar-refractivity contribution in [2.24, 2.45) is 0 Å². The number of rotatable bonds is 7. The van der Waals surface area contributed by atoms with Gasteiger partial charge in [0.25, 0.3) is 11.6 Å². The number of benzene rings is 1. The molecule has 0 saturated carbocycles. The van der Waals surface area contributed by atoms with Gasteiger partial charge in [-0.1, -0.05) is 13.3 Å². The normalized spacial score (nSPS) is 17.1. The molecule has 1 saturated heterocycles. The Morgan fingerprint density at radius 3 is 2.88 bits per heavy atom. The molecule has 2 rings (SSSR count). The molecule has 1 fully saturated rings. The number of unbranched alkanes of at least 4 members (excludes halogenated alkanes) is 1. The maximum Gasteiger partial charge on any atom is 0.285 e. The molecule has 1 aliphatic heterocycles. The molecule has 0 aromatic heterocycles. The van der Waals surface area contributed by atoms with Crippen LogP contribution in [0.3, 0.4) is 0 Å². The molecule has 0 unspecified atom stereocenters. The molecular formula is C17H24N2O5. The summed E-state index contributed by atoms with van der Waals surface area (Å²) >= 11 is 0. The SMILES string of the molecule is CCCCOc1cc([N+](=O)[O-])c(C(=O)N2CCC[C@H]2CO)cc1C. The van der Waals surface area contributed by atoms with Crippen molar-refractivity contribution in [1.29, 1.82) is 0 Å². The lowest BCUT2D eigenvalue weighted by Gasteiger charge is -2.23. The first-order valence-corrected chi connectivity index (χ1v) is 8.33. The van der Waals surface area contributed by atoms with Crippen LogP contribution < -0.4 is 4.74 Å². The molecule has 132 valence electrons. The smallest absolute Gasteiger partial charge is 0.285 e. The van der Waals surface area contributed by atoms with E-state index >= 15 is 0 Å². The van der Waals surface area contributed by atoms with Crippen LogP contribution in [0.15, 0.2) is 12.1 Å². The van der Waals surface area contributed by atoms with Crippen molar-refractivity contribution in [2.45, 2.75) is 45.6 Å². The minimum Gasteiger partial charge on any atom is -0.493 e. The fraction of sp³-hybridized carbons (Fsp3) is 0.588.